The predicted octanol–water partition coefficient (Wildman–Crippen LogP) is 1.43. The summed E-state index contributed by atoms with van der Waals surface area (Å²) in [7, 11) is 0. The van der Waals surface area contributed by atoms with Gasteiger partial charge in [-0.1, -0.05) is 13.3 Å². The number of hydrogen-bond donors (Lipinski definition) is 1. The summed E-state index contributed by atoms with van der Waals surface area (Å²) in [5.41, 5.74) is -0.567. The van der Waals surface area contributed by atoms with Crippen molar-refractivity contribution in [2.24, 2.45) is 5.41 Å². The Morgan fingerprint density at radius 3 is 2.50 bits per heavy atom. The lowest BCUT2D eigenvalue weighted by atomic mass is 9.75. The van der Waals surface area contributed by atoms with Crippen molar-refractivity contribution in [1.82, 2.24) is 4.90 Å². The highest BCUT2D eigenvalue weighted by Gasteiger charge is 2.40. The fourth-order valence-electron chi connectivity index (χ4n) is 2.08. The molecule has 0 spiro atoms. The van der Waals surface area contributed by atoms with Crippen LogP contribution < -0.4 is 0 Å². The highest BCUT2D eigenvalue weighted by molar-refractivity contribution is 5.74. The van der Waals surface area contributed by atoms with Crippen molar-refractivity contribution in [2.75, 3.05) is 13.1 Å². The van der Waals surface area contributed by atoms with Crippen molar-refractivity contribution in [3.8, 4) is 6.19 Å². The zero-order valence-electron chi connectivity index (χ0n) is 8.49. The van der Waals surface area contributed by atoms with Crippen LogP contribution >= 0.6 is 0 Å². The Morgan fingerprint density at radius 1 is 1.57 bits per heavy atom. The third-order valence-electron chi connectivity index (χ3n) is 3.04. The van der Waals surface area contributed by atoms with E-state index in [1.807, 2.05) is 6.92 Å². The molecule has 0 aromatic heterocycles. The molecule has 1 saturated heterocycles. The maximum atomic E-state index is 11.2. The number of piperidine rings is 1. The zero-order valence-corrected chi connectivity index (χ0v) is 8.49. The van der Waals surface area contributed by atoms with Crippen LogP contribution in [0.3, 0.4) is 0 Å². The van der Waals surface area contributed by atoms with Crippen LogP contribution in [0, 0.1) is 16.9 Å². The minimum atomic E-state index is -0.697. The maximum Gasteiger partial charge on any atom is 0.309 e. The normalized spacial score (nSPS) is 20.1. The summed E-state index contributed by atoms with van der Waals surface area (Å²) in [5, 5.41) is 17.8. The number of carboxylic acids is 1. The summed E-state index contributed by atoms with van der Waals surface area (Å²) in [5.74, 6) is -0.697. The van der Waals surface area contributed by atoms with Crippen molar-refractivity contribution in [2.45, 2.75) is 32.6 Å². The summed E-state index contributed by atoms with van der Waals surface area (Å²) in [4.78, 5) is 12.8. The van der Waals surface area contributed by atoms with Crippen LogP contribution in [0.25, 0.3) is 0 Å². The molecule has 0 aliphatic carbocycles. The quantitative estimate of drug-likeness (QED) is 0.693. The number of aliphatic carboxylic acids is 1. The molecule has 1 aliphatic heterocycles. The molecule has 1 N–H and O–H groups in total. The lowest BCUT2D eigenvalue weighted by molar-refractivity contribution is -0.152. The molecule has 1 aliphatic rings. The fraction of sp³-hybridized carbons (Fsp3) is 0.800. The van der Waals surface area contributed by atoms with E-state index in [9.17, 15) is 9.90 Å². The minimum absolute atomic E-state index is 0.567. The molecule has 4 heteroatoms. The van der Waals surface area contributed by atoms with Crippen LogP contribution in [0.4, 0.5) is 0 Å². The van der Waals surface area contributed by atoms with Crippen molar-refractivity contribution < 1.29 is 9.90 Å². The van der Waals surface area contributed by atoms with Gasteiger partial charge >= 0.3 is 5.97 Å². The van der Waals surface area contributed by atoms with Gasteiger partial charge in [0, 0.05) is 13.1 Å². The van der Waals surface area contributed by atoms with Gasteiger partial charge in [0.15, 0.2) is 6.19 Å². The van der Waals surface area contributed by atoms with Gasteiger partial charge in [-0.3, -0.25) is 4.79 Å². The van der Waals surface area contributed by atoms with Crippen molar-refractivity contribution in [3.63, 3.8) is 0 Å². The van der Waals surface area contributed by atoms with Gasteiger partial charge in [-0.25, -0.2) is 0 Å². The van der Waals surface area contributed by atoms with Gasteiger partial charge in [0.2, 0.25) is 0 Å². The molecule has 0 saturated carbocycles. The largest absolute Gasteiger partial charge is 0.481 e. The number of rotatable bonds is 3. The highest BCUT2D eigenvalue weighted by atomic mass is 16.4. The first-order chi connectivity index (χ1) is 6.64. The topological polar surface area (TPSA) is 64.3 Å². The average Bonchev–Trinajstić information content (AvgIpc) is 2.19. The van der Waals surface area contributed by atoms with E-state index in [1.165, 1.54) is 0 Å². The van der Waals surface area contributed by atoms with Crippen LogP contribution in [0.5, 0.6) is 0 Å². The third kappa shape index (κ3) is 1.98. The molecule has 78 valence electrons. The summed E-state index contributed by atoms with van der Waals surface area (Å²) in [6.45, 7) is 3.17. The Morgan fingerprint density at radius 2 is 2.14 bits per heavy atom. The molecule has 1 heterocycles. The second kappa shape index (κ2) is 4.32. The smallest absolute Gasteiger partial charge is 0.309 e. The lowest BCUT2D eigenvalue weighted by Crippen LogP contribution is -2.42. The molecule has 0 atom stereocenters. The summed E-state index contributed by atoms with van der Waals surface area (Å²) in [6, 6.07) is 0. The molecule has 0 aromatic rings. The Labute approximate surface area is 84.1 Å². The van der Waals surface area contributed by atoms with Crippen LogP contribution in [-0.2, 0) is 4.79 Å². The van der Waals surface area contributed by atoms with Gasteiger partial charge in [0.25, 0.3) is 0 Å². The third-order valence-corrected chi connectivity index (χ3v) is 3.04. The van der Waals surface area contributed by atoms with Gasteiger partial charge in [-0.15, -0.1) is 0 Å². The molecule has 0 aromatic carbocycles. The number of nitrogens with zero attached hydrogens (tertiary/aromatic N) is 2. The van der Waals surface area contributed by atoms with Crippen molar-refractivity contribution >= 4 is 5.97 Å². The zero-order chi connectivity index (χ0) is 10.6. The summed E-state index contributed by atoms with van der Waals surface area (Å²) >= 11 is 0. The molecule has 4 nitrogen and oxygen atoms in total. The molecule has 0 amide bonds. The monoisotopic (exact) mass is 196 g/mol. The maximum absolute atomic E-state index is 11.2. The van der Waals surface area contributed by atoms with Gasteiger partial charge < -0.3 is 10.0 Å². The van der Waals surface area contributed by atoms with E-state index in [2.05, 4.69) is 6.19 Å². The average molecular weight is 196 g/mol. The first kappa shape index (κ1) is 10.8. The first-order valence-corrected chi connectivity index (χ1v) is 5.03. The molecule has 0 unspecified atom stereocenters. The van der Waals surface area contributed by atoms with Gasteiger partial charge in [0.05, 0.1) is 5.41 Å². The lowest BCUT2D eigenvalue weighted by Gasteiger charge is -2.36. The van der Waals surface area contributed by atoms with Crippen molar-refractivity contribution in [1.29, 1.82) is 5.26 Å². The Balaban J connectivity index is 2.65. The second-order valence-corrected chi connectivity index (χ2v) is 3.92. The SMILES string of the molecule is CCCC1(C(=O)O)CCN(C#N)CC1. The number of carboxylic acid groups (broad SMARTS) is 1. The Hall–Kier alpha value is -1.24. The number of hydrogen-bond acceptors (Lipinski definition) is 3. The van der Waals surface area contributed by atoms with E-state index in [4.69, 9.17) is 5.26 Å². The Bertz CT molecular complexity index is 249. The highest BCUT2D eigenvalue weighted by Crippen LogP contribution is 2.36. The van der Waals surface area contributed by atoms with E-state index in [-0.39, 0.29) is 0 Å². The van der Waals surface area contributed by atoms with Gasteiger partial charge in [-0.2, -0.15) is 5.26 Å². The van der Waals surface area contributed by atoms with E-state index in [0.717, 1.165) is 12.8 Å². The summed E-state index contributed by atoms with van der Waals surface area (Å²) < 4.78 is 0. The molecule has 0 radical (unpaired) electrons. The first-order valence-electron chi connectivity index (χ1n) is 5.03. The van der Waals surface area contributed by atoms with Crippen LogP contribution in [0.1, 0.15) is 32.6 Å². The molecule has 1 rings (SSSR count). The standard InChI is InChI=1S/C10H16N2O2/c1-2-3-10(9(13)14)4-6-12(8-11)7-5-10/h2-7H2,1H3,(H,13,14). The van der Waals surface area contributed by atoms with E-state index < -0.39 is 11.4 Å². The fourth-order valence-corrected chi connectivity index (χ4v) is 2.08. The number of carbonyl (C=O) groups is 1. The minimum Gasteiger partial charge on any atom is -0.481 e. The number of likely N-dealkylation sites (tertiary alicyclic amines) is 1. The molecule has 14 heavy (non-hydrogen) atoms. The molecular weight excluding hydrogens is 180 g/mol. The van der Waals surface area contributed by atoms with Crippen LogP contribution in [0.15, 0.2) is 0 Å². The van der Waals surface area contributed by atoms with Crippen LogP contribution in [0.2, 0.25) is 0 Å². The molecular formula is C10H16N2O2. The van der Waals surface area contributed by atoms with Gasteiger partial charge in [0.1, 0.15) is 0 Å². The van der Waals surface area contributed by atoms with E-state index >= 15 is 0 Å². The van der Waals surface area contributed by atoms with Gasteiger partial charge in [-0.05, 0) is 19.3 Å². The van der Waals surface area contributed by atoms with Crippen LogP contribution in [-0.4, -0.2) is 29.1 Å². The Kier molecular flexibility index (Phi) is 3.34. The second-order valence-electron chi connectivity index (χ2n) is 3.92. The number of nitriles is 1. The predicted molar refractivity (Wildman–Crippen MR) is 51.4 cm³/mol. The summed E-state index contributed by atoms with van der Waals surface area (Å²) in [6.07, 6.45) is 4.88. The van der Waals surface area contributed by atoms with E-state index in [1.54, 1.807) is 4.90 Å². The molecule has 0 bridgehead atoms. The van der Waals surface area contributed by atoms with Crippen molar-refractivity contribution in [3.05, 3.63) is 0 Å². The van der Waals surface area contributed by atoms with E-state index in [0.29, 0.717) is 25.9 Å². The molecule has 1 fully saturated rings.